The predicted molar refractivity (Wildman–Crippen MR) is 176 cm³/mol. The minimum atomic E-state index is -4.43. The fraction of sp³-hybridized carbons (Fsp3) is 0.375. The Bertz CT molecular complexity index is 1580. The van der Waals surface area contributed by atoms with E-state index in [4.69, 9.17) is 18.9 Å². The summed E-state index contributed by atoms with van der Waals surface area (Å²) in [5, 5.41) is 2.88. The normalized spacial score (nSPS) is 11.7. The Labute approximate surface area is 273 Å². The summed E-state index contributed by atoms with van der Waals surface area (Å²) in [4.78, 5) is 28.7. The van der Waals surface area contributed by atoms with E-state index in [1.165, 1.54) is 57.6 Å². The van der Waals surface area contributed by atoms with Gasteiger partial charge in [-0.1, -0.05) is 41.4 Å². The highest BCUT2D eigenvalue weighted by Crippen LogP contribution is 2.37. The number of benzene rings is 3. The van der Waals surface area contributed by atoms with Crippen LogP contribution in [0.1, 0.15) is 32.3 Å². The maximum atomic E-state index is 14.4. The molecule has 0 aliphatic rings. The molecule has 0 bridgehead atoms. The lowest BCUT2D eigenvalue weighted by Gasteiger charge is -2.32. The molecule has 3 aromatic rings. The minimum Gasteiger partial charge on any atom is -0.497 e. The molecule has 0 heterocycles. The average molecular weight is 707 g/mol. The lowest BCUT2D eigenvalue weighted by molar-refractivity contribution is -0.139. The summed E-state index contributed by atoms with van der Waals surface area (Å²) < 4.78 is 52.1. The molecule has 0 spiro atoms. The number of unbranched alkanes of at least 4 members (excludes halogenated alkanes) is 1. The summed E-state index contributed by atoms with van der Waals surface area (Å²) in [6, 6.07) is 15.2. The summed E-state index contributed by atoms with van der Waals surface area (Å²) in [6.07, 6.45) is 1.67. The Morgan fingerprint density at radius 1 is 0.889 bits per heavy atom. The van der Waals surface area contributed by atoms with Gasteiger partial charge in [0.15, 0.2) is 11.5 Å². The van der Waals surface area contributed by atoms with Gasteiger partial charge in [0.05, 0.1) is 39.0 Å². The van der Waals surface area contributed by atoms with E-state index in [0.717, 1.165) is 27.2 Å². The molecule has 244 valence electrons. The van der Waals surface area contributed by atoms with Crippen LogP contribution in [-0.2, 0) is 26.2 Å². The minimum absolute atomic E-state index is 0.0557. The third kappa shape index (κ3) is 8.82. The first-order chi connectivity index (χ1) is 21.5. The van der Waals surface area contributed by atoms with E-state index < -0.39 is 28.5 Å². The van der Waals surface area contributed by atoms with E-state index in [1.807, 2.05) is 31.2 Å². The molecule has 0 aliphatic heterocycles. The maximum absolute atomic E-state index is 14.4. The van der Waals surface area contributed by atoms with Gasteiger partial charge in [-0.15, -0.1) is 0 Å². The Morgan fingerprint density at radius 3 is 2.20 bits per heavy atom. The van der Waals surface area contributed by atoms with Crippen LogP contribution in [0.4, 0.5) is 5.69 Å². The van der Waals surface area contributed by atoms with Crippen LogP contribution in [0.25, 0.3) is 0 Å². The number of anilines is 1. The number of ether oxygens (including phenoxy) is 4. The van der Waals surface area contributed by atoms with Crippen LogP contribution in [0.15, 0.2) is 70.0 Å². The van der Waals surface area contributed by atoms with Gasteiger partial charge in [-0.2, -0.15) is 0 Å². The zero-order chi connectivity index (χ0) is 33.1. The van der Waals surface area contributed by atoms with E-state index in [0.29, 0.717) is 18.0 Å². The highest BCUT2D eigenvalue weighted by Gasteiger charge is 2.34. The zero-order valence-electron chi connectivity index (χ0n) is 26.3. The summed E-state index contributed by atoms with van der Waals surface area (Å²) in [7, 11) is 1.25. The second kappa shape index (κ2) is 16.4. The molecule has 45 heavy (non-hydrogen) atoms. The molecule has 3 rings (SSSR count). The van der Waals surface area contributed by atoms with Gasteiger partial charge < -0.3 is 29.2 Å². The number of hydrogen-bond donors (Lipinski definition) is 1. The Hall–Kier alpha value is -3.97. The number of nitrogens with zero attached hydrogens (tertiary/aromatic N) is 2. The van der Waals surface area contributed by atoms with Crippen molar-refractivity contribution in [3.8, 4) is 23.0 Å². The fourth-order valence-electron chi connectivity index (χ4n) is 4.56. The molecule has 13 heteroatoms. The second-order valence-electron chi connectivity index (χ2n) is 10.0. The first kappa shape index (κ1) is 35.5. The number of nitrogens with one attached hydrogen (secondary N) is 1. The van der Waals surface area contributed by atoms with Crippen LogP contribution in [0.2, 0.25) is 0 Å². The van der Waals surface area contributed by atoms with Crippen LogP contribution in [0.3, 0.4) is 0 Å². The molecule has 0 radical (unpaired) electrons. The molecule has 2 amide bonds. The molecule has 0 saturated carbocycles. The van der Waals surface area contributed by atoms with Crippen LogP contribution in [0.5, 0.6) is 23.0 Å². The van der Waals surface area contributed by atoms with Crippen molar-refractivity contribution >= 4 is 43.5 Å². The van der Waals surface area contributed by atoms with Gasteiger partial charge in [0.1, 0.15) is 24.1 Å². The van der Waals surface area contributed by atoms with E-state index in [1.54, 1.807) is 19.1 Å². The Morgan fingerprint density at radius 2 is 1.58 bits per heavy atom. The fourth-order valence-corrected chi connectivity index (χ4v) is 6.44. The number of sulfonamides is 1. The molecule has 1 atom stereocenters. The van der Waals surface area contributed by atoms with Gasteiger partial charge in [0, 0.05) is 29.7 Å². The largest absolute Gasteiger partial charge is 0.497 e. The molecule has 0 saturated heterocycles. The van der Waals surface area contributed by atoms with Gasteiger partial charge in [-0.05, 0) is 55.3 Å². The molecule has 0 aromatic heterocycles. The van der Waals surface area contributed by atoms with Crippen molar-refractivity contribution in [1.29, 1.82) is 0 Å². The summed E-state index contributed by atoms with van der Waals surface area (Å²) in [5.74, 6) is 0.108. The quantitative estimate of drug-likeness (QED) is 0.206. The molecule has 1 unspecified atom stereocenters. The second-order valence-corrected chi connectivity index (χ2v) is 12.8. The molecular weight excluding hydrogens is 666 g/mol. The zero-order valence-corrected chi connectivity index (χ0v) is 28.7. The highest BCUT2D eigenvalue weighted by molar-refractivity contribution is 9.10. The van der Waals surface area contributed by atoms with Crippen LogP contribution >= 0.6 is 15.9 Å². The Kier molecular flexibility index (Phi) is 12.9. The lowest BCUT2D eigenvalue weighted by Crippen LogP contribution is -2.51. The van der Waals surface area contributed by atoms with Crippen molar-refractivity contribution in [1.82, 2.24) is 10.2 Å². The van der Waals surface area contributed by atoms with Gasteiger partial charge in [-0.3, -0.25) is 13.9 Å². The number of hydrogen-bond acceptors (Lipinski definition) is 8. The number of methoxy groups -OCH3 is 4. The van der Waals surface area contributed by atoms with Crippen molar-refractivity contribution in [2.75, 3.05) is 45.8 Å². The molecule has 0 fully saturated rings. The summed E-state index contributed by atoms with van der Waals surface area (Å²) >= 11 is 3.46. The summed E-state index contributed by atoms with van der Waals surface area (Å²) in [5.41, 5.74) is 0.821. The van der Waals surface area contributed by atoms with Crippen molar-refractivity contribution in [2.24, 2.45) is 0 Å². The topological polar surface area (TPSA) is 124 Å². The molecule has 11 nitrogen and oxygen atoms in total. The van der Waals surface area contributed by atoms with Gasteiger partial charge >= 0.3 is 0 Å². The number of halogens is 1. The van der Waals surface area contributed by atoms with Gasteiger partial charge in [-0.25, -0.2) is 8.42 Å². The van der Waals surface area contributed by atoms with E-state index in [2.05, 4.69) is 21.2 Å². The van der Waals surface area contributed by atoms with Crippen molar-refractivity contribution < 1.29 is 37.0 Å². The molecule has 0 aliphatic carbocycles. The SMILES string of the molecule is CCCCNC(=O)C(C)N(Cc1cccc(Br)c1)C(=O)CN(c1cc(OC)ccc1OC)S(=O)(=O)c1ccc(OC)c(OC)c1. The number of amides is 2. The van der Waals surface area contributed by atoms with Crippen molar-refractivity contribution in [3.63, 3.8) is 0 Å². The highest BCUT2D eigenvalue weighted by atomic mass is 79.9. The van der Waals surface area contributed by atoms with Gasteiger partial charge in [0.2, 0.25) is 11.8 Å². The number of carbonyl (C=O) groups excluding carboxylic acids is 2. The molecule has 1 N–H and O–H groups in total. The number of rotatable bonds is 16. The summed E-state index contributed by atoms with van der Waals surface area (Å²) in [6.45, 7) is 3.50. The first-order valence-corrected chi connectivity index (χ1v) is 16.5. The van der Waals surface area contributed by atoms with Crippen molar-refractivity contribution in [3.05, 3.63) is 70.7 Å². The van der Waals surface area contributed by atoms with E-state index in [-0.39, 0.29) is 34.5 Å². The smallest absolute Gasteiger partial charge is 0.265 e. The van der Waals surface area contributed by atoms with E-state index in [9.17, 15) is 18.0 Å². The molecule has 3 aromatic carbocycles. The third-order valence-electron chi connectivity index (χ3n) is 7.12. The maximum Gasteiger partial charge on any atom is 0.265 e. The first-order valence-electron chi connectivity index (χ1n) is 14.3. The average Bonchev–Trinajstić information content (AvgIpc) is 3.04. The van der Waals surface area contributed by atoms with Crippen molar-refractivity contribution in [2.45, 2.75) is 44.2 Å². The van der Waals surface area contributed by atoms with Gasteiger partial charge in [0.25, 0.3) is 10.0 Å². The standard InChI is InChI=1S/C32H40BrN3O8S/c1-7-8-16-34-32(38)22(2)35(20-23-10-9-11-24(33)17-23)31(37)21-36(27-18-25(41-3)12-14-28(27)42-4)45(39,40)26-13-15-29(43-5)30(19-26)44-6/h9-15,17-19,22H,7-8,16,20-21H2,1-6H3,(H,34,38). The molecular formula is C32H40BrN3O8S. The number of carbonyl (C=O) groups is 2. The van der Waals surface area contributed by atoms with E-state index >= 15 is 0 Å². The Balaban J connectivity index is 2.15. The lowest BCUT2D eigenvalue weighted by atomic mass is 10.1. The van der Waals surface area contributed by atoms with Crippen LogP contribution in [0, 0.1) is 0 Å². The van der Waals surface area contributed by atoms with Crippen LogP contribution in [-0.4, -0.2) is 72.7 Å². The van der Waals surface area contributed by atoms with Crippen LogP contribution < -0.4 is 28.6 Å². The predicted octanol–water partition coefficient (Wildman–Crippen LogP) is 5.01. The third-order valence-corrected chi connectivity index (χ3v) is 9.36. The monoisotopic (exact) mass is 705 g/mol.